The second-order valence-electron chi connectivity index (χ2n) is 6.23. The van der Waals surface area contributed by atoms with E-state index >= 15 is 0 Å². The van der Waals surface area contributed by atoms with Crippen molar-refractivity contribution in [3.63, 3.8) is 0 Å². The maximum atomic E-state index is 4.12. The van der Waals surface area contributed by atoms with Gasteiger partial charge < -0.3 is 9.88 Å². The van der Waals surface area contributed by atoms with Gasteiger partial charge in [0.05, 0.1) is 0 Å². The molecule has 0 spiro atoms. The lowest BCUT2D eigenvalue weighted by Crippen LogP contribution is -2.47. The minimum Gasteiger partial charge on any atom is -0.369 e. The van der Waals surface area contributed by atoms with Crippen LogP contribution < -0.4 is 4.90 Å². The van der Waals surface area contributed by atoms with Crippen LogP contribution in [0, 0.1) is 0 Å². The average Bonchev–Trinajstić information content (AvgIpc) is 3.10. The monoisotopic (exact) mass is 306 g/mol. The van der Waals surface area contributed by atoms with Gasteiger partial charge in [-0.3, -0.25) is 9.88 Å². The zero-order valence-corrected chi connectivity index (χ0v) is 13.4. The maximum Gasteiger partial charge on any atom is 0.0455 e. The van der Waals surface area contributed by atoms with Crippen molar-refractivity contribution in [2.45, 2.75) is 13.0 Å². The largest absolute Gasteiger partial charge is 0.369 e. The van der Waals surface area contributed by atoms with Gasteiger partial charge in [0.2, 0.25) is 0 Å². The number of piperazine rings is 1. The first-order valence-corrected chi connectivity index (χ1v) is 8.27. The van der Waals surface area contributed by atoms with E-state index in [1.54, 1.807) is 0 Å². The number of nitrogens with one attached hydrogen (secondary N) is 1. The Hall–Kier alpha value is -2.33. The standard InChI is InChI=1S/C19H22N4/c1-15(16-4-7-20-8-5-16)22-10-12-23(13-11-22)18-2-3-19-17(14-18)6-9-21-19/h2-9,14-15,21H,10-13H2,1H3. The molecule has 0 radical (unpaired) electrons. The number of aromatic nitrogens is 2. The van der Waals surface area contributed by atoms with E-state index < -0.39 is 0 Å². The van der Waals surface area contributed by atoms with Crippen LogP contribution in [0.1, 0.15) is 18.5 Å². The zero-order valence-electron chi connectivity index (χ0n) is 13.4. The lowest BCUT2D eigenvalue weighted by atomic mass is 10.1. The van der Waals surface area contributed by atoms with Crippen molar-refractivity contribution in [1.82, 2.24) is 14.9 Å². The van der Waals surface area contributed by atoms with E-state index in [1.165, 1.54) is 22.2 Å². The predicted molar refractivity (Wildman–Crippen MR) is 94.7 cm³/mol. The summed E-state index contributed by atoms with van der Waals surface area (Å²) in [5, 5.41) is 1.29. The maximum absolute atomic E-state index is 4.12. The number of benzene rings is 1. The molecule has 1 aliphatic heterocycles. The van der Waals surface area contributed by atoms with Crippen LogP contribution in [0.4, 0.5) is 5.69 Å². The van der Waals surface area contributed by atoms with Crippen molar-refractivity contribution in [3.8, 4) is 0 Å². The molecule has 0 amide bonds. The van der Waals surface area contributed by atoms with E-state index in [0.717, 1.165) is 26.2 Å². The number of nitrogens with zero attached hydrogens (tertiary/aromatic N) is 3. The molecule has 1 saturated heterocycles. The van der Waals surface area contributed by atoms with Gasteiger partial charge in [-0.05, 0) is 48.9 Å². The molecular formula is C19H22N4. The molecule has 0 bridgehead atoms. The highest BCUT2D eigenvalue weighted by molar-refractivity contribution is 5.83. The van der Waals surface area contributed by atoms with E-state index in [4.69, 9.17) is 0 Å². The van der Waals surface area contributed by atoms with Gasteiger partial charge in [0, 0.05) is 67.4 Å². The molecule has 1 atom stereocenters. The molecule has 23 heavy (non-hydrogen) atoms. The van der Waals surface area contributed by atoms with Crippen molar-refractivity contribution in [1.29, 1.82) is 0 Å². The van der Waals surface area contributed by atoms with Crippen LogP contribution in [-0.4, -0.2) is 41.0 Å². The molecule has 2 aromatic heterocycles. The number of hydrogen-bond acceptors (Lipinski definition) is 3. The number of rotatable bonds is 3. The summed E-state index contributed by atoms with van der Waals surface area (Å²) in [6.45, 7) is 6.62. The molecule has 3 aromatic rings. The summed E-state index contributed by atoms with van der Waals surface area (Å²) in [5.74, 6) is 0. The number of pyridine rings is 1. The van der Waals surface area contributed by atoms with E-state index in [1.807, 2.05) is 18.6 Å². The van der Waals surface area contributed by atoms with Crippen LogP contribution in [0.3, 0.4) is 0 Å². The summed E-state index contributed by atoms with van der Waals surface area (Å²) in [7, 11) is 0. The van der Waals surface area contributed by atoms with Gasteiger partial charge in [-0.2, -0.15) is 0 Å². The molecule has 4 nitrogen and oxygen atoms in total. The third-order valence-electron chi connectivity index (χ3n) is 4.95. The van der Waals surface area contributed by atoms with Crippen molar-refractivity contribution >= 4 is 16.6 Å². The Kier molecular flexibility index (Phi) is 3.75. The van der Waals surface area contributed by atoms with Gasteiger partial charge in [-0.1, -0.05) is 0 Å². The van der Waals surface area contributed by atoms with Crippen LogP contribution in [0.2, 0.25) is 0 Å². The first-order chi connectivity index (χ1) is 11.3. The summed E-state index contributed by atoms with van der Waals surface area (Å²) in [6.07, 6.45) is 5.77. The number of fused-ring (bicyclic) bond motifs is 1. The van der Waals surface area contributed by atoms with Crippen molar-refractivity contribution in [2.75, 3.05) is 31.1 Å². The Morgan fingerprint density at radius 2 is 1.78 bits per heavy atom. The van der Waals surface area contributed by atoms with Gasteiger partial charge in [0.25, 0.3) is 0 Å². The summed E-state index contributed by atoms with van der Waals surface area (Å²) in [4.78, 5) is 12.4. The molecule has 1 N–H and O–H groups in total. The van der Waals surface area contributed by atoms with Gasteiger partial charge in [-0.15, -0.1) is 0 Å². The molecule has 118 valence electrons. The summed E-state index contributed by atoms with van der Waals surface area (Å²) in [5.41, 5.74) is 3.88. The van der Waals surface area contributed by atoms with Crippen LogP contribution in [0.5, 0.6) is 0 Å². The Balaban J connectivity index is 1.44. The lowest BCUT2D eigenvalue weighted by Gasteiger charge is -2.39. The SMILES string of the molecule is CC(c1ccncc1)N1CCN(c2ccc3[nH]ccc3c2)CC1. The third kappa shape index (κ3) is 2.82. The number of hydrogen-bond donors (Lipinski definition) is 1. The highest BCUT2D eigenvalue weighted by Crippen LogP contribution is 2.25. The van der Waals surface area contributed by atoms with Crippen molar-refractivity contribution < 1.29 is 0 Å². The smallest absolute Gasteiger partial charge is 0.0455 e. The summed E-state index contributed by atoms with van der Waals surface area (Å²) < 4.78 is 0. The van der Waals surface area contributed by atoms with E-state index in [9.17, 15) is 0 Å². The van der Waals surface area contributed by atoms with E-state index in [-0.39, 0.29) is 0 Å². The summed E-state index contributed by atoms with van der Waals surface area (Å²) in [6, 6.07) is 13.5. The Bertz CT molecular complexity index is 772. The Labute approximate surface area is 136 Å². The zero-order chi connectivity index (χ0) is 15.6. The quantitative estimate of drug-likeness (QED) is 0.805. The fourth-order valence-electron chi connectivity index (χ4n) is 3.46. The number of H-pyrrole nitrogens is 1. The van der Waals surface area contributed by atoms with Crippen LogP contribution in [0.25, 0.3) is 10.9 Å². The lowest BCUT2D eigenvalue weighted by molar-refractivity contribution is 0.198. The predicted octanol–water partition coefficient (Wildman–Crippen LogP) is 3.45. The van der Waals surface area contributed by atoms with Crippen molar-refractivity contribution in [3.05, 3.63) is 60.6 Å². The van der Waals surface area contributed by atoms with Crippen LogP contribution in [-0.2, 0) is 0 Å². The third-order valence-corrected chi connectivity index (χ3v) is 4.95. The molecule has 1 unspecified atom stereocenters. The first-order valence-electron chi connectivity index (χ1n) is 8.27. The highest BCUT2D eigenvalue weighted by atomic mass is 15.3. The fourth-order valence-corrected chi connectivity index (χ4v) is 3.46. The highest BCUT2D eigenvalue weighted by Gasteiger charge is 2.22. The Morgan fingerprint density at radius 1 is 1.00 bits per heavy atom. The van der Waals surface area contributed by atoms with E-state index in [2.05, 4.69) is 63.1 Å². The Morgan fingerprint density at radius 3 is 2.57 bits per heavy atom. The van der Waals surface area contributed by atoms with Gasteiger partial charge in [0.1, 0.15) is 0 Å². The minimum absolute atomic E-state index is 0.451. The number of aromatic amines is 1. The summed E-state index contributed by atoms with van der Waals surface area (Å²) >= 11 is 0. The van der Waals surface area contributed by atoms with E-state index in [0.29, 0.717) is 6.04 Å². The molecule has 0 saturated carbocycles. The average molecular weight is 306 g/mol. The molecule has 1 aliphatic rings. The number of anilines is 1. The molecular weight excluding hydrogens is 284 g/mol. The molecule has 1 aromatic carbocycles. The first kappa shape index (κ1) is 14.3. The van der Waals surface area contributed by atoms with Crippen molar-refractivity contribution in [2.24, 2.45) is 0 Å². The minimum atomic E-state index is 0.451. The van der Waals surface area contributed by atoms with Gasteiger partial charge in [0.15, 0.2) is 0 Å². The normalized spacial score (nSPS) is 17.5. The molecule has 3 heterocycles. The van der Waals surface area contributed by atoms with Gasteiger partial charge >= 0.3 is 0 Å². The second kappa shape index (κ2) is 6.05. The molecule has 4 heteroatoms. The van der Waals surface area contributed by atoms with Crippen LogP contribution >= 0.6 is 0 Å². The fraction of sp³-hybridized carbons (Fsp3) is 0.316. The molecule has 4 rings (SSSR count). The molecule has 1 fully saturated rings. The molecule has 0 aliphatic carbocycles. The van der Waals surface area contributed by atoms with Gasteiger partial charge in [-0.25, -0.2) is 0 Å². The second-order valence-corrected chi connectivity index (χ2v) is 6.23. The topological polar surface area (TPSA) is 35.2 Å². The van der Waals surface area contributed by atoms with Crippen LogP contribution in [0.15, 0.2) is 55.0 Å².